The van der Waals surface area contributed by atoms with Gasteiger partial charge in [-0.15, -0.1) is 0 Å². The molecule has 4 nitrogen and oxygen atoms in total. The summed E-state index contributed by atoms with van der Waals surface area (Å²) in [6.07, 6.45) is 1.53. The van der Waals surface area contributed by atoms with Crippen molar-refractivity contribution in [2.45, 2.75) is 0 Å². The van der Waals surface area contributed by atoms with Crippen LogP contribution >= 0.6 is 31.9 Å². The van der Waals surface area contributed by atoms with Gasteiger partial charge in [-0.2, -0.15) is 4.98 Å². The van der Waals surface area contributed by atoms with Gasteiger partial charge in [-0.25, -0.2) is 0 Å². The number of rotatable bonds is 1. The molecule has 6 heteroatoms. The molecule has 0 saturated heterocycles. The third-order valence-corrected chi connectivity index (χ3v) is 1.95. The fourth-order valence-electron chi connectivity index (χ4n) is 0.745. The molecule has 0 aromatic carbocycles. The summed E-state index contributed by atoms with van der Waals surface area (Å²) in [4.78, 5) is 3.95. The summed E-state index contributed by atoms with van der Waals surface area (Å²) < 4.78 is 10.9. The van der Waals surface area contributed by atoms with Gasteiger partial charge in [-0.3, -0.25) is 0 Å². The van der Waals surface area contributed by atoms with Crippen LogP contribution in [-0.2, 0) is 0 Å². The Balaban J connectivity index is 2.43. The normalized spacial score (nSPS) is 10.5. The smallest absolute Gasteiger partial charge is 0.261 e. The van der Waals surface area contributed by atoms with Gasteiger partial charge in [-0.1, -0.05) is 0 Å². The molecule has 2 heterocycles. The summed E-state index contributed by atoms with van der Waals surface area (Å²) in [6.45, 7) is 0. The van der Waals surface area contributed by atoms with Crippen LogP contribution in [-0.4, -0.2) is 10.1 Å². The van der Waals surface area contributed by atoms with Crippen molar-refractivity contribution in [1.82, 2.24) is 10.1 Å². The van der Waals surface area contributed by atoms with Gasteiger partial charge >= 0.3 is 0 Å². The molecule has 2 aromatic heterocycles. The highest BCUT2D eigenvalue weighted by Gasteiger charge is 2.09. The highest BCUT2D eigenvalue weighted by molar-refractivity contribution is 9.10. The van der Waals surface area contributed by atoms with Gasteiger partial charge in [0, 0.05) is 6.07 Å². The average Bonchev–Trinajstić information content (AvgIpc) is 2.58. The maximum Gasteiger partial charge on any atom is 0.261 e. The predicted octanol–water partition coefficient (Wildman–Crippen LogP) is 2.85. The van der Waals surface area contributed by atoms with Crippen molar-refractivity contribution in [3.63, 3.8) is 0 Å². The first-order valence-electron chi connectivity index (χ1n) is 2.99. The number of hydrogen-bond acceptors (Lipinski definition) is 4. The minimum atomic E-state index is 0.426. The van der Waals surface area contributed by atoms with Gasteiger partial charge in [0.2, 0.25) is 4.73 Å². The van der Waals surface area contributed by atoms with Crippen molar-refractivity contribution in [1.29, 1.82) is 0 Å². The van der Waals surface area contributed by atoms with Crippen LogP contribution in [0.25, 0.3) is 11.5 Å². The van der Waals surface area contributed by atoms with Crippen molar-refractivity contribution in [3.05, 3.63) is 21.7 Å². The molecule has 0 N–H and O–H groups in total. The van der Waals surface area contributed by atoms with E-state index in [0.29, 0.717) is 15.3 Å². The predicted molar refractivity (Wildman–Crippen MR) is 47.4 cm³/mol. The largest absolute Gasteiger partial charge is 0.457 e. The van der Waals surface area contributed by atoms with Crippen LogP contribution in [0.2, 0.25) is 0 Å². The summed E-state index contributed by atoms with van der Waals surface area (Å²) in [5.74, 6) is 0.427. The summed E-state index contributed by atoms with van der Waals surface area (Å²) >= 11 is 6.25. The number of nitrogens with zero attached hydrogens (tertiary/aromatic N) is 2. The molecule has 0 atom stereocenters. The van der Waals surface area contributed by atoms with Gasteiger partial charge in [-0.05, 0) is 37.0 Å². The molecule has 2 rings (SSSR count). The third-order valence-electron chi connectivity index (χ3n) is 1.22. The third kappa shape index (κ3) is 1.44. The van der Waals surface area contributed by atoms with Crippen molar-refractivity contribution >= 4 is 31.9 Å². The maximum absolute atomic E-state index is 5.00. The maximum atomic E-state index is 5.00. The first-order valence-corrected chi connectivity index (χ1v) is 4.58. The van der Waals surface area contributed by atoms with Crippen molar-refractivity contribution in [2.75, 3.05) is 0 Å². The number of hydrogen-bond donors (Lipinski definition) is 0. The topological polar surface area (TPSA) is 52.1 Å². The lowest BCUT2D eigenvalue weighted by molar-refractivity contribution is 0.425. The highest BCUT2D eigenvalue weighted by atomic mass is 79.9. The van der Waals surface area contributed by atoms with Crippen molar-refractivity contribution in [3.8, 4) is 11.5 Å². The van der Waals surface area contributed by atoms with E-state index >= 15 is 0 Å². The fourth-order valence-corrected chi connectivity index (χ4v) is 1.32. The molecule has 0 amide bonds. The van der Waals surface area contributed by atoms with E-state index in [4.69, 9.17) is 8.94 Å². The van der Waals surface area contributed by atoms with E-state index in [2.05, 4.69) is 42.0 Å². The van der Waals surface area contributed by atoms with Crippen LogP contribution in [0, 0.1) is 0 Å². The quantitative estimate of drug-likeness (QED) is 0.811. The molecule has 62 valence electrons. The van der Waals surface area contributed by atoms with Crippen LogP contribution in [0.15, 0.2) is 30.7 Å². The zero-order chi connectivity index (χ0) is 8.55. The Labute approximate surface area is 84.2 Å². The Kier molecular flexibility index (Phi) is 2.02. The van der Waals surface area contributed by atoms with E-state index in [1.54, 1.807) is 6.07 Å². The van der Waals surface area contributed by atoms with Gasteiger partial charge in [0.25, 0.3) is 5.89 Å². The number of aromatic nitrogens is 2. The summed E-state index contributed by atoms with van der Waals surface area (Å²) in [5.41, 5.74) is 0.750. The molecule has 12 heavy (non-hydrogen) atoms. The Morgan fingerprint density at radius 2 is 2.17 bits per heavy atom. The van der Waals surface area contributed by atoms with Crippen LogP contribution in [0.1, 0.15) is 0 Å². The van der Waals surface area contributed by atoms with E-state index in [0.717, 1.165) is 5.56 Å². The lowest BCUT2D eigenvalue weighted by atomic mass is 10.3. The van der Waals surface area contributed by atoms with Gasteiger partial charge in [0.1, 0.15) is 6.26 Å². The Morgan fingerprint density at radius 3 is 2.67 bits per heavy atom. The van der Waals surface area contributed by atoms with Gasteiger partial charge < -0.3 is 8.94 Å². The molecule has 0 bridgehead atoms. The Morgan fingerprint density at radius 1 is 1.33 bits per heavy atom. The van der Waals surface area contributed by atoms with E-state index < -0.39 is 0 Å². The summed E-state index contributed by atoms with van der Waals surface area (Å²) in [5, 5.41) is 3.58. The molecule has 0 aliphatic carbocycles. The van der Waals surface area contributed by atoms with Crippen LogP contribution in [0.5, 0.6) is 0 Å². The van der Waals surface area contributed by atoms with Crippen LogP contribution < -0.4 is 0 Å². The fraction of sp³-hybridized carbons (Fsp3) is 0. The Bertz CT molecular complexity index is 357. The standard InChI is InChI=1S/C6H2Br2N2O2/c7-4-1-3(2-11-4)5-9-6(8)10-12-5/h1-2H. The second-order valence-corrected chi connectivity index (χ2v) is 3.50. The minimum absolute atomic E-state index is 0.426. The average molecular weight is 294 g/mol. The zero-order valence-corrected chi connectivity index (χ0v) is 8.79. The Hall–Kier alpha value is -0.620. The summed E-state index contributed by atoms with van der Waals surface area (Å²) in [6, 6.07) is 1.75. The first-order chi connectivity index (χ1) is 5.75. The molecule has 0 saturated carbocycles. The lowest BCUT2D eigenvalue weighted by Gasteiger charge is -1.79. The van der Waals surface area contributed by atoms with E-state index in [-0.39, 0.29) is 0 Å². The lowest BCUT2D eigenvalue weighted by Crippen LogP contribution is -1.70. The molecule has 0 aliphatic heterocycles. The van der Waals surface area contributed by atoms with Crippen molar-refractivity contribution in [2.24, 2.45) is 0 Å². The highest BCUT2D eigenvalue weighted by Crippen LogP contribution is 2.23. The number of furan rings is 1. The zero-order valence-electron chi connectivity index (χ0n) is 5.62. The van der Waals surface area contributed by atoms with E-state index in [9.17, 15) is 0 Å². The molecule has 0 fully saturated rings. The first kappa shape index (κ1) is 8.00. The molecule has 0 aliphatic rings. The molecule has 0 spiro atoms. The van der Waals surface area contributed by atoms with E-state index in [1.165, 1.54) is 6.26 Å². The SMILES string of the molecule is Brc1noc(-c2coc(Br)c2)n1. The van der Waals surface area contributed by atoms with Crippen LogP contribution in [0.3, 0.4) is 0 Å². The van der Waals surface area contributed by atoms with Gasteiger partial charge in [0.05, 0.1) is 5.56 Å². The molecular formula is C6H2Br2N2O2. The summed E-state index contributed by atoms with van der Waals surface area (Å²) in [7, 11) is 0. The molecule has 2 aromatic rings. The monoisotopic (exact) mass is 292 g/mol. The number of halogens is 2. The van der Waals surface area contributed by atoms with E-state index in [1.807, 2.05) is 0 Å². The van der Waals surface area contributed by atoms with Crippen molar-refractivity contribution < 1.29 is 8.94 Å². The second-order valence-electron chi connectivity index (χ2n) is 2.01. The minimum Gasteiger partial charge on any atom is -0.457 e. The molecule has 0 radical (unpaired) electrons. The second kappa shape index (κ2) is 3.02. The molecular weight excluding hydrogens is 292 g/mol. The van der Waals surface area contributed by atoms with Crippen LogP contribution in [0.4, 0.5) is 0 Å². The van der Waals surface area contributed by atoms with Gasteiger partial charge in [0.15, 0.2) is 4.67 Å². The molecule has 0 unspecified atom stereocenters.